The van der Waals surface area contributed by atoms with Gasteiger partial charge in [0.1, 0.15) is 22.6 Å². The van der Waals surface area contributed by atoms with Gasteiger partial charge in [0.25, 0.3) is 0 Å². The molecule has 2 aromatic rings. The molecule has 1 aromatic heterocycles. The topological polar surface area (TPSA) is 70.1 Å². The number of carbonyl (C=O) groups excluding carboxylic acids is 1. The molecule has 146 valence electrons. The highest BCUT2D eigenvalue weighted by Gasteiger charge is 2.30. The molecule has 0 aliphatic carbocycles. The van der Waals surface area contributed by atoms with Gasteiger partial charge in [-0.05, 0) is 32.9 Å². The van der Waals surface area contributed by atoms with Crippen LogP contribution in [0, 0.1) is 0 Å². The number of nitrogens with zero attached hydrogens (tertiary/aromatic N) is 2. The van der Waals surface area contributed by atoms with Crippen molar-refractivity contribution in [1.82, 2.24) is 4.98 Å². The van der Waals surface area contributed by atoms with Crippen LogP contribution in [0.5, 0.6) is 11.5 Å². The summed E-state index contributed by atoms with van der Waals surface area (Å²) in [6.07, 6.45) is 1.62. The van der Waals surface area contributed by atoms with Crippen LogP contribution in [-0.2, 0) is 9.47 Å². The van der Waals surface area contributed by atoms with Gasteiger partial charge in [-0.3, -0.25) is 4.98 Å². The minimum atomic E-state index is -0.404. The van der Waals surface area contributed by atoms with Crippen molar-refractivity contribution in [3.05, 3.63) is 23.9 Å². The molecule has 2 heterocycles. The molecule has 0 spiro atoms. The Bertz CT molecular complexity index is 829. The first kappa shape index (κ1) is 19.2. The van der Waals surface area contributed by atoms with E-state index in [1.807, 2.05) is 26.0 Å². The van der Waals surface area contributed by atoms with Gasteiger partial charge in [-0.25, -0.2) is 4.79 Å². The maximum Gasteiger partial charge on any atom is 0.341 e. The summed E-state index contributed by atoms with van der Waals surface area (Å²) >= 11 is 0. The number of benzene rings is 1. The van der Waals surface area contributed by atoms with Crippen molar-refractivity contribution in [3.8, 4) is 11.5 Å². The van der Waals surface area contributed by atoms with E-state index in [9.17, 15) is 4.79 Å². The molecule has 2 atom stereocenters. The van der Waals surface area contributed by atoms with Crippen molar-refractivity contribution in [1.29, 1.82) is 0 Å². The number of ether oxygens (including phenoxy) is 4. The molecule has 0 bridgehead atoms. The number of anilines is 1. The molecule has 1 fully saturated rings. The van der Waals surface area contributed by atoms with Crippen molar-refractivity contribution in [2.24, 2.45) is 0 Å². The molecule has 0 saturated carbocycles. The van der Waals surface area contributed by atoms with Crippen molar-refractivity contribution in [2.45, 2.75) is 33.0 Å². The van der Waals surface area contributed by atoms with Crippen molar-refractivity contribution < 1.29 is 23.7 Å². The third-order valence-electron chi connectivity index (χ3n) is 4.59. The highest BCUT2D eigenvalue weighted by molar-refractivity contribution is 6.09. The smallest absolute Gasteiger partial charge is 0.341 e. The molecule has 1 saturated heterocycles. The van der Waals surface area contributed by atoms with Crippen LogP contribution >= 0.6 is 0 Å². The summed E-state index contributed by atoms with van der Waals surface area (Å²) in [5.41, 5.74) is 1.81. The van der Waals surface area contributed by atoms with E-state index in [2.05, 4.69) is 9.88 Å². The monoisotopic (exact) mass is 374 g/mol. The average molecular weight is 374 g/mol. The van der Waals surface area contributed by atoms with Crippen LogP contribution in [0.1, 0.15) is 31.1 Å². The zero-order valence-electron chi connectivity index (χ0n) is 16.4. The Labute approximate surface area is 159 Å². The average Bonchev–Trinajstić information content (AvgIpc) is 2.65. The lowest BCUT2D eigenvalue weighted by Gasteiger charge is -2.38. The number of hydrogen-bond acceptors (Lipinski definition) is 7. The zero-order valence-corrected chi connectivity index (χ0v) is 16.4. The Kier molecular flexibility index (Phi) is 5.70. The lowest BCUT2D eigenvalue weighted by molar-refractivity contribution is -0.00527. The second kappa shape index (κ2) is 8.00. The molecule has 0 amide bonds. The lowest BCUT2D eigenvalue weighted by Crippen LogP contribution is -2.46. The zero-order chi connectivity index (χ0) is 19.6. The number of morpholine rings is 1. The Hall–Kier alpha value is -2.54. The Morgan fingerprint density at radius 3 is 2.41 bits per heavy atom. The van der Waals surface area contributed by atoms with Crippen LogP contribution < -0.4 is 14.4 Å². The molecular weight excluding hydrogens is 348 g/mol. The second-order valence-electron chi connectivity index (χ2n) is 6.60. The van der Waals surface area contributed by atoms with E-state index in [1.165, 1.54) is 0 Å². The van der Waals surface area contributed by atoms with Crippen LogP contribution in [-0.4, -0.2) is 57.1 Å². The number of esters is 1. The van der Waals surface area contributed by atoms with Crippen LogP contribution in [0.3, 0.4) is 0 Å². The summed E-state index contributed by atoms with van der Waals surface area (Å²) in [6, 6.07) is 3.64. The first-order valence-corrected chi connectivity index (χ1v) is 9.11. The van der Waals surface area contributed by atoms with E-state index >= 15 is 0 Å². The molecule has 7 heteroatoms. The fourth-order valence-corrected chi connectivity index (χ4v) is 3.62. The highest BCUT2D eigenvalue weighted by Crippen LogP contribution is 2.41. The molecule has 1 aliphatic rings. The Morgan fingerprint density at radius 1 is 1.19 bits per heavy atom. The van der Waals surface area contributed by atoms with E-state index < -0.39 is 5.97 Å². The number of rotatable bonds is 5. The SMILES string of the molecule is CCOC(=O)c1cnc2c(OC)ccc(OC)c2c1N1CC(C)OC(C)C1. The summed E-state index contributed by atoms with van der Waals surface area (Å²) < 4.78 is 22.2. The standard InChI is InChI=1S/C20H26N2O5/c1-6-26-20(23)14-9-21-18-16(25-5)8-7-15(24-4)17(18)19(14)22-10-12(2)27-13(3)11-22/h7-9,12-13H,6,10-11H2,1-5H3. The summed E-state index contributed by atoms with van der Waals surface area (Å²) in [5.74, 6) is 0.849. The van der Waals surface area contributed by atoms with Crippen LogP contribution in [0.2, 0.25) is 0 Å². The quantitative estimate of drug-likeness (QED) is 0.745. The number of aromatic nitrogens is 1. The van der Waals surface area contributed by atoms with Gasteiger partial charge in [-0.15, -0.1) is 0 Å². The fourth-order valence-electron chi connectivity index (χ4n) is 3.62. The number of carbonyl (C=O) groups is 1. The molecule has 3 rings (SSSR count). The van der Waals surface area contributed by atoms with Crippen LogP contribution in [0.25, 0.3) is 10.9 Å². The van der Waals surface area contributed by atoms with E-state index in [0.717, 1.165) is 11.1 Å². The molecule has 0 radical (unpaired) electrons. The first-order chi connectivity index (χ1) is 13.0. The number of fused-ring (bicyclic) bond motifs is 1. The van der Waals surface area contributed by atoms with Gasteiger partial charge >= 0.3 is 5.97 Å². The minimum Gasteiger partial charge on any atom is -0.496 e. The van der Waals surface area contributed by atoms with Gasteiger partial charge in [0.2, 0.25) is 0 Å². The Morgan fingerprint density at radius 2 is 1.81 bits per heavy atom. The number of hydrogen-bond donors (Lipinski definition) is 0. The van der Waals surface area contributed by atoms with Crippen LogP contribution in [0.4, 0.5) is 5.69 Å². The first-order valence-electron chi connectivity index (χ1n) is 9.11. The summed E-state index contributed by atoms with van der Waals surface area (Å²) in [5, 5.41) is 0.740. The van der Waals surface area contributed by atoms with Gasteiger partial charge in [0.15, 0.2) is 0 Å². The maximum atomic E-state index is 12.7. The third-order valence-corrected chi connectivity index (χ3v) is 4.59. The summed E-state index contributed by atoms with van der Waals surface area (Å²) in [4.78, 5) is 19.3. The van der Waals surface area contributed by atoms with Gasteiger partial charge in [-0.2, -0.15) is 0 Å². The van der Waals surface area contributed by atoms with E-state index in [0.29, 0.717) is 42.3 Å². The highest BCUT2D eigenvalue weighted by atomic mass is 16.5. The van der Waals surface area contributed by atoms with Crippen molar-refractivity contribution in [3.63, 3.8) is 0 Å². The lowest BCUT2D eigenvalue weighted by atomic mass is 10.0. The predicted molar refractivity (Wildman–Crippen MR) is 103 cm³/mol. The molecule has 1 aromatic carbocycles. The Balaban J connectivity index is 2.30. The number of methoxy groups -OCH3 is 2. The molecule has 0 N–H and O–H groups in total. The van der Waals surface area contributed by atoms with Gasteiger partial charge in [0, 0.05) is 19.3 Å². The van der Waals surface area contributed by atoms with Gasteiger partial charge in [-0.1, -0.05) is 0 Å². The minimum absolute atomic E-state index is 0.0311. The normalized spacial score (nSPS) is 19.8. The van der Waals surface area contributed by atoms with E-state index in [1.54, 1.807) is 27.3 Å². The van der Waals surface area contributed by atoms with E-state index in [4.69, 9.17) is 18.9 Å². The van der Waals surface area contributed by atoms with Crippen LogP contribution in [0.15, 0.2) is 18.3 Å². The summed E-state index contributed by atoms with van der Waals surface area (Å²) in [7, 11) is 3.20. The van der Waals surface area contributed by atoms with Crippen molar-refractivity contribution in [2.75, 3.05) is 38.8 Å². The summed E-state index contributed by atoms with van der Waals surface area (Å²) in [6.45, 7) is 7.42. The predicted octanol–water partition coefficient (Wildman–Crippen LogP) is 3.04. The third kappa shape index (κ3) is 3.64. The molecule has 1 aliphatic heterocycles. The van der Waals surface area contributed by atoms with Crippen molar-refractivity contribution >= 4 is 22.6 Å². The maximum absolute atomic E-state index is 12.7. The molecule has 7 nitrogen and oxygen atoms in total. The van der Waals surface area contributed by atoms with Gasteiger partial charge in [0.05, 0.1) is 44.1 Å². The second-order valence-corrected chi connectivity index (χ2v) is 6.60. The van der Waals surface area contributed by atoms with Gasteiger partial charge < -0.3 is 23.8 Å². The molecule has 27 heavy (non-hydrogen) atoms. The van der Waals surface area contributed by atoms with E-state index in [-0.39, 0.29) is 12.2 Å². The fraction of sp³-hybridized carbons (Fsp3) is 0.500. The largest absolute Gasteiger partial charge is 0.496 e. The number of pyridine rings is 1. The molecule has 2 unspecified atom stereocenters. The molecular formula is C20H26N2O5.